The van der Waals surface area contributed by atoms with Crippen LogP contribution in [0.5, 0.6) is 0 Å². The zero-order valence-electron chi connectivity index (χ0n) is 21.8. The molecule has 0 saturated carbocycles. The van der Waals surface area contributed by atoms with Gasteiger partial charge in [-0.2, -0.15) is 0 Å². The van der Waals surface area contributed by atoms with Gasteiger partial charge in [0.05, 0.1) is 6.61 Å². The van der Waals surface area contributed by atoms with Crippen molar-refractivity contribution in [3.63, 3.8) is 0 Å². The molecule has 2 amide bonds. The standard InChI is InChI=1S/C28H38ClN3O5/c1-19-9-10-23(29)16-25(19)26(37-13-11-32(3)28(34)35)21-7-4-8-22(15-21)27(33)31-17-24(30-2)14-20-6-5-12-36-18-20/h4,7-10,15-16,20,24,26,30H,5-6,11-14,17-18H2,1-3H3,(H,31,33)(H,34,35)/t20-,24+,26-/m1/s1. The van der Waals surface area contributed by atoms with Crippen LogP contribution < -0.4 is 10.6 Å². The van der Waals surface area contributed by atoms with Gasteiger partial charge in [-0.05, 0) is 80.1 Å². The van der Waals surface area contributed by atoms with Gasteiger partial charge in [0, 0.05) is 50.0 Å². The van der Waals surface area contributed by atoms with Crippen molar-refractivity contribution in [2.75, 3.05) is 47.0 Å². The highest BCUT2D eigenvalue weighted by atomic mass is 35.5. The lowest BCUT2D eigenvalue weighted by atomic mass is 9.94. The fourth-order valence-corrected chi connectivity index (χ4v) is 4.70. The summed E-state index contributed by atoms with van der Waals surface area (Å²) in [7, 11) is 3.41. The van der Waals surface area contributed by atoms with Gasteiger partial charge in [0.2, 0.25) is 0 Å². The molecule has 3 N–H and O–H groups in total. The first-order valence-corrected chi connectivity index (χ1v) is 13.1. The van der Waals surface area contributed by atoms with E-state index in [0.717, 1.165) is 49.2 Å². The second-order valence-electron chi connectivity index (χ2n) is 9.60. The lowest BCUT2D eigenvalue weighted by Crippen LogP contribution is -2.41. The van der Waals surface area contributed by atoms with Gasteiger partial charge in [0.25, 0.3) is 5.91 Å². The largest absolute Gasteiger partial charge is 0.465 e. The van der Waals surface area contributed by atoms with Gasteiger partial charge in [-0.25, -0.2) is 4.79 Å². The van der Waals surface area contributed by atoms with Gasteiger partial charge in [-0.1, -0.05) is 29.8 Å². The molecular weight excluding hydrogens is 494 g/mol. The summed E-state index contributed by atoms with van der Waals surface area (Å²) < 4.78 is 11.8. The molecule has 0 bridgehead atoms. The van der Waals surface area contributed by atoms with E-state index in [2.05, 4.69) is 10.6 Å². The lowest BCUT2D eigenvalue weighted by molar-refractivity contribution is 0.0478. The minimum atomic E-state index is -1.02. The predicted octanol–water partition coefficient (Wildman–Crippen LogP) is 4.50. The Kier molecular flexibility index (Phi) is 11.2. The first-order chi connectivity index (χ1) is 17.8. The maximum atomic E-state index is 13.1. The van der Waals surface area contributed by atoms with Crippen molar-refractivity contribution in [1.82, 2.24) is 15.5 Å². The van der Waals surface area contributed by atoms with Gasteiger partial charge in [0.1, 0.15) is 6.10 Å². The quantitative estimate of drug-likeness (QED) is 0.373. The molecule has 0 aromatic heterocycles. The molecule has 3 atom stereocenters. The number of amides is 2. The Morgan fingerprint density at radius 3 is 2.78 bits per heavy atom. The number of carboxylic acid groups (broad SMARTS) is 1. The number of hydrogen-bond acceptors (Lipinski definition) is 5. The Morgan fingerprint density at radius 2 is 2.08 bits per heavy atom. The third-order valence-electron chi connectivity index (χ3n) is 6.80. The van der Waals surface area contributed by atoms with E-state index >= 15 is 0 Å². The number of likely N-dealkylation sites (N-methyl/N-ethyl adjacent to an activating group) is 2. The first-order valence-electron chi connectivity index (χ1n) is 12.7. The van der Waals surface area contributed by atoms with Crippen molar-refractivity contribution in [1.29, 1.82) is 0 Å². The number of carbonyl (C=O) groups excluding carboxylic acids is 1. The van der Waals surface area contributed by atoms with Crippen LogP contribution in [0.25, 0.3) is 0 Å². The molecule has 1 fully saturated rings. The van der Waals surface area contributed by atoms with Crippen LogP contribution in [-0.2, 0) is 9.47 Å². The van der Waals surface area contributed by atoms with E-state index in [4.69, 9.17) is 26.2 Å². The molecule has 1 heterocycles. The molecule has 202 valence electrons. The van der Waals surface area contributed by atoms with Crippen LogP contribution in [0.2, 0.25) is 5.02 Å². The van der Waals surface area contributed by atoms with Crippen molar-refractivity contribution in [2.24, 2.45) is 5.92 Å². The lowest BCUT2D eigenvalue weighted by Gasteiger charge is -2.26. The summed E-state index contributed by atoms with van der Waals surface area (Å²) in [6, 6.07) is 13.1. The molecule has 1 aliphatic rings. The minimum absolute atomic E-state index is 0.158. The number of nitrogens with zero attached hydrogens (tertiary/aromatic N) is 1. The molecule has 3 rings (SSSR count). The van der Waals surface area contributed by atoms with Crippen LogP contribution in [0.15, 0.2) is 42.5 Å². The summed E-state index contributed by atoms with van der Waals surface area (Å²) in [4.78, 5) is 25.4. The Morgan fingerprint density at radius 1 is 1.27 bits per heavy atom. The van der Waals surface area contributed by atoms with Crippen LogP contribution in [0.4, 0.5) is 4.79 Å². The molecule has 1 aliphatic heterocycles. The molecule has 0 spiro atoms. The molecule has 0 aliphatic carbocycles. The third kappa shape index (κ3) is 8.71. The highest BCUT2D eigenvalue weighted by Gasteiger charge is 2.22. The molecular formula is C28H38ClN3O5. The SMILES string of the molecule is CN[C@H](CNC(=O)c1cccc([C@@H](OCCN(C)C(=O)O)c2cc(Cl)ccc2C)c1)C[C@H]1CCCOC1. The molecule has 1 saturated heterocycles. The van der Waals surface area contributed by atoms with Crippen LogP contribution in [0.3, 0.4) is 0 Å². The molecule has 37 heavy (non-hydrogen) atoms. The number of hydrogen-bond donors (Lipinski definition) is 3. The summed E-state index contributed by atoms with van der Waals surface area (Å²) in [5.41, 5.74) is 3.18. The number of carbonyl (C=O) groups is 2. The van der Waals surface area contributed by atoms with E-state index < -0.39 is 12.2 Å². The van der Waals surface area contributed by atoms with Crippen molar-refractivity contribution in [3.8, 4) is 0 Å². The van der Waals surface area contributed by atoms with Crippen LogP contribution >= 0.6 is 11.6 Å². The molecule has 8 nitrogen and oxygen atoms in total. The summed E-state index contributed by atoms with van der Waals surface area (Å²) >= 11 is 6.29. The van der Waals surface area contributed by atoms with Crippen LogP contribution in [0.1, 0.15) is 52.4 Å². The van der Waals surface area contributed by atoms with E-state index in [1.54, 1.807) is 6.07 Å². The summed E-state index contributed by atoms with van der Waals surface area (Å²) in [5, 5.41) is 16.1. The zero-order valence-corrected chi connectivity index (χ0v) is 22.6. The summed E-state index contributed by atoms with van der Waals surface area (Å²) in [5.74, 6) is 0.347. The fraction of sp³-hybridized carbons (Fsp3) is 0.500. The van der Waals surface area contributed by atoms with E-state index in [1.807, 2.05) is 50.4 Å². The normalized spacial score (nSPS) is 17.1. The zero-order chi connectivity index (χ0) is 26.8. The van der Waals surface area contributed by atoms with E-state index in [9.17, 15) is 9.59 Å². The average Bonchev–Trinajstić information content (AvgIpc) is 2.90. The maximum Gasteiger partial charge on any atom is 0.407 e. The highest BCUT2D eigenvalue weighted by Crippen LogP contribution is 2.31. The number of aryl methyl sites for hydroxylation is 1. The number of nitrogens with one attached hydrogen (secondary N) is 2. The second-order valence-corrected chi connectivity index (χ2v) is 10.0. The number of benzene rings is 2. The van der Waals surface area contributed by atoms with Gasteiger partial charge >= 0.3 is 6.09 Å². The van der Waals surface area contributed by atoms with Gasteiger partial charge in [-0.15, -0.1) is 0 Å². The van der Waals surface area contributed by atoms with Gasteiger partial charge in [0.15, 0.2) is 0 Å². The number of ether oxygens (including phenoxy) is 2. The Bertz CT molecular complexity index is 1040. The van der Waals surface area contributed by atoms with Crippen molar-refractivity contribution >= 4 is 23.6 Å². The number of halogens is 1. The Labute approximate surface area is 224 Å². The first kappa shape index (κ1) is 28.9. The van der Waals surface area contributed by atoms with Gasteiger partial charge in [-0.3, -0.25) is 4.79 Å². The smallest absolute Gasteiger partial charge is 0.407 e. The van der Waals surface area contributed by atoms with E-state index in [-0.39, 0.29) is 25.1 Å². The Hall–Kier alpha value is -2.65. The Balaban J connectivity index is 1.72. The fourth-order valence-electron chi connectivity index (χ4n) is 4.52. The average molecular weight is 532 g/mol. The third-order valence-corrected chi connectivity index (χ3v) is 7.04. The minimum Gasteiger partial charge on any atom is -0.465 e. The topological polar surface area (TPSA) is 100 Å². The van der Waals surface area contributed by atoms with Gasteiger partial charge < -0.3 is 30.1 Å². The molecule has 9 heteroatoms. The predicted molar refractivity (Wildman–Crippen MR) is 144 cm³/mol. The van der Waals surface area contributed by atoms with Crippen LogP contribution in [-0.4, -0.2) is 75.1 Å². The molecule has 0 unspecified atom stereocenters. The van der Waals surface area contributed by atoms with E-state index in [0.29, 0.717) is 23.0 Å². The van der Waals surface area contributed by atoms with Crippen molar-refractivity contribution < 1.29 is 24.2 Å². The van der Waals surface area contributed by atoms with Crippen molar-refractivity contribution in [2.45, 2.75) is 38.3 Å². The highest BCUT2D eigenvalue weighted by molar-refractivity contribution is 6.30. The molecule has 2 aromatic carbocycles. The summed E-state index contributed by atoms with van der Waals surface area (Å²) in [6.07, 6.45) is 1.66. The van der Waals surface area contributed by atoms with Crippen LogP contribution in [0, 0.1) is 12.8 Å². The van der Waals surface area contributed by atoms with E-state index in [1.165, 1.54) is 11.9 Å². The maximum absolute atomic E-state index is 13.1. The second kappa shape index (κ2) is 14.3. The molecule has 2 aromatic rings. The summed E-state index contributed by atoms with van der Waals surface area (Å²) in [6.45, 7) is 4.50. The van der Waals surface area contributed by atoms with Crippen molar-refractivity contribution in [3.05, 3.63) is 69.7 Å². The monoisotopic (exact) mass is 531 g/mol. The number of rotatable bonds is 12. The molecule has 0 radical (unpaired) electrons.